The van der Waals surface area contributed by atoms with Crippen molar-refractivity contribution < 1.29 is 14.8 Å². The van der Waals surface area contributed by atoms with Crippen LogP contribution in [0.1, 0.15) is 13.3 Å². The lowest BCUT2D eigenvalue weighted by Gasteiger charge is -1.95. The van der Waals surface area contributed by atoms with Crippen molar-refractivity contribution in [2.75, 3.05) is 0 Å². The number of hydrogen-bond acceptors (Lipinski definition) is 6. The Kier molecular flexibility index (Phi) is 4.67. The summed E-state index contributed by atoms with van der Waals surface area (Å²) in [4.78, 5) is 21.1. The van der Waals surface area contributed by atoms with Gasteiger partial charge in [-0.1, -0.05) is 6.92 Å². The second-order valence-electron chi connectivity index (χ2n) is 3.26. The number of allylic oxidation sites excluding steroid dienone is 1. The van der Waals surface area contributed by atoms with Crippen molar-refractivity contribution in [2.24, 2.45) is 10.2 Å². The van der Waals surface area contributed by atoms with E-state index in [4.69, 9.17) is 5.11 Å². The van der Waals surface area contributed by atoms with Gasteiger partial charge in [0.1, 0.15) is 6.26 Å². The van der Waals surface area contributed by atoms with Gasteiger partial charge in [0.25, 0.3) is 5.69 Å². The first-order chi connectivity index (χ1) is 8.58. The van der Waals surface area contributed by atoms with Crippen LogP contribution >= 0.6 is 0 Å². The molecule has 0 spiro atoms. The number of hydrogen-bond donors (Lipinski definition) is 1. The molecule has 0 aromatic heterocycles. The molecule has 0 atom stereocenters. The number of nitro groups is 1. The van der Waals surface area contributed by atoms with Crippen molar-refractivity contribution in [1.29, 1.82) is 0 Å². The van der Waals surface area contributed by atoms with Gasteiger partial charge in [0.15, 0.2) is 11.5 Å². The molecule has 7 heteroatoms. The summed E-state index contributed by atoms with van der Waals surface area (Å²) in [7, 11) is 0. The van der Waals surface area contributed by atoms with Crippen LogP contribution in [0.5, 0.6) is 0 Å². The molecule has 0 bridgehead atoms. The summed E-state index contributed by atoms with van der Waals surface area (Å²) in [6, 6.07) is 5.34. The Morgan fingerprint density at radius 2 is 2.06 bits per heavy atom. The molecule has 18 heavy (non-hydrogen) atoms. The van der Waals surface area contributed by atoms with E-state index in [1.807, 2.05) is 0 Å². The number of azo groups is 1. The molecule has 7 nitrogen and oxygen atoms in total. The van der Waals surface area contributed by atoms with E-state index in [1.54, 1.807) is 6.92 Å². The van der Waals surface area contributed by atoms with E-state index < -0.39 is 4.92 Å². The monoisotopic (exact) mass is 249 g/mol. The lowest BCUT2D eigenvalue weighted by molar-refractivity contribution is -0.384. The van der Waals surface area contributed by atoms with Crippen LogP contribution in [-0.4, -0.2) is 15.8 Å². The Morgan fingerprint density at radius 3 is 2.50 bits per heavy atom. The molecule has 0 unspecified atom stereocenters. The number of carbonyl (C=O) groups excluding carboxylic acids is 1. The maximum absolute atomic E-state index is 11.2. The number of rotatable bonds is 5. The lowest BCUT2D eigenvalue weighted by Crippen LogP contribution is -1.97. The van der Waals surface area contributed by atoms with Crippen molar-refractivity contribution in [3.05, 3.63) is 46.3 Å². The lowest BCUT2D eigenvalue weighted by atomic mass is 10.2. The molecule has 1 N–H and O–H groups in total. The fourth-order valence-corrected chi connectivity index (χ4v) is 1.09. The van der Waals surface area contributed by atoms with Gasteiger partial charge in [-0.25, -0.2) is 0 Å². The quantitative estimate of drug-likeness (QED) is 0.284. The standard InChI is InChI=1S/C11H11N3O4/c1-2-11(16)10(7-15)13-12-8-3-5-9(6-4-8)14(17)18/h3-7,15H,2H2,1H3. The molecule has 0 fully saturated rings. The molecule has 1 rings (SSSR count). The summed E-state index contributed by atoms with van der Waals surface area (Å²) in [6.45, 7) is 1.63. The highest BCUT2D eigenvalue weighted by molar-refractivity contribution is 5.94. The molecule has 0 amide bonds. The van der Waals surface area contributed by atoms with Crippen molar-refractivity contribution in [2.45, 2.75) is 13.3 Å². The average Bonchev–Trinajstić information content (AvgIpc) is 2.39. The smallest absolute Gasteiger partial charge is 0.269 e. The first kappa shape index (κ1) is 13.5. The summed E-state index contributed by atoms with van der Waals surface area (Å²) in [5, 5.41) is 26.5. The highest BCUT2D eigenvalue weighted by atomic mass is 16.6. The third kappa shape index (κ3) is 3.48. The second-order valence-corrected chi connectivity index (χ2v) is 3.26. The van der Waals surface area contributed by atoms with Gasteiger partial charge in [0, 0.05) is 18.6 Å². The van der Waals surface area contributed by atoms with Crippen LogP contribution in [0, 0.1) is 10.1 Å². The normalized spacial score (nSPS) is 11.7. The zero-order valence-corrected chi connectivity index (χ0v) is 9.61. The van der Waals surface area contributed by atoms with Gasteiger partial charge in [-0.05, 0) is 12.1 Å². The number of ketones is 1. The Hall–Kier alpha value is -2.57. The number of non-ortho nitro benzene ring substituents is 1. The number of Topliss-reactive ketones (excluding diaryl/α,β-unsaturated/α-hetero) is 1. The van der Waals surface area contributed by atoms with Crippen LogP contribution < -0.4 is 0 Å². The predicted molar refractivity (Wildman–Crippen MR) is 63.6 cm³/mol. The molecule has 0 saturated heterocycles. The fourth-order valence-electron chi connectivity index (χ4n) is 1.09. The number of aliphatic hydroxyl groups is 1. The third-order valence-corrected chi connectivity index (χ3v) is 2.06. The van der Waals surface area contributed by atoms with Crippen molar-refractivity contribution in [3.63, 3.8) is 0 Å². The van der Waals surface area contributed by atoms with E-state index in [1.165, 1.54) is 24.3 Å². The summed E-state index contributed by atoms with van der Waals surface area (Å²) >= 11 is 0. The van der Waals surface area contributed by atoms with Gasteiger partial charge < -0.3 is 5.11 Å². The topological polar surface area (TPSA) is 105 Å². The first-order valence-corrected chi connectivity index (χ1v) is 5.12. The number of aliphatic hydroxyl groups excluding tert-OH is 1. The molecule has 0 aliphatic heterocycles. The van der Waals surface area contributed by atoms with Crippen LogP contribution in [0.25, 0.3) is 0 Å². The second kappa shape index (κ2) is 6.24. The minimum Gasteiger partial charge on any atom is -0.513 e. The van der Waals surface area contributed by atoms with Crippen molar-refractivity contribution >= 4 is 17.2 Å². The van der Waals surface area contributed by atoms with Crippen molar-refractivity contribution in [3.8, 4) is 0 Å². The van der Waals surface area contributed by atoms with Crippen molar-refractivity contribution in [1.82, 2.24) is 0 Å². The molecule has 1 aromatic rings. The molecule has 0 radical (unpaired) electrons. The summed E-state index contributed by atoms with van der Waals surface area (Å²) in [6.07, 6.45) is 0.784. The van der Waals surface area contributed by atoms with Crippen LogP contribution in [0.4, 0.5) is 11.4 Å². The number of carbonyl (C=O) groups is 1. The Labute approximate surface area is 103 Å². The van der Waals surface area contributed by atoms with Crippen LogP contribution in [0.2, 0.25) is 0 Å². The maximum atomic E-state index is 11.2. The van der Waals surface area contributed by atoms with Gasteiger partial charge >= 0.3 is 0 Å². The average molecular weight is 249 g/mol. The number of nitrogens with zero attached hydrogens (tertiary/aromatic N) is 3. The summed E-state index contributed by atoms with van der Waals surface area (Å²) < 4.78 is 0. The minimum absolute atomic E-state index is 0.0588. The zero-order chi connectivity index (χ0) is 13.5. The van der Waals surface area contributed by atoms with E-state index in [0.29, 0.717) is 11.9 Å². The Balaban J connectivity index is 2.84. The first-order valence-electron chi connectivity index (χ1n) is 5.12. The van der Waals surface area contributed by atoms with Gasteiger partial charge in [0.2, 0.25) is 0 Å². The van der Waals surface area contributed by atoms with Gasteiger partial charge in [-0.2, -0.15) is 5.11 Å². The molecule has 0 saturated carbocycles. The molecule has 94 valence electrons. The highest BCUT2D eigenvalue weighted by Crippen LogP contribution is 2.19. The Morgan fingerprint density at radius 1 is 1.44 bits per heavy atom. The molecule has 0 aliphatic rings. The van der Waals surface area contributed by atoms with E-state index in [-0.39, 0.29) is 23.6 Å². The van der Waals surface area contributed by atoms with Gasteiger partial charge in [-0.3, -0.25) is 14.9 Å². The minimum atomic E-state index is -0.527. The van der Waals surface area contributed by atoms with E-state index >= 15 is 0 Å². The summed E-state index contributed by atoms with van der Waals surface area (Å²) in [5.74, 6) is -0.344. The predicted octanol–water partition coefficient (Wildman–Crippen LogP) is 3.06. The Bertz CT molecular complexity index is 506. The van der Waals surface area contributed by atoms with Gasteiger partial charge in [0.05, 0.1) is 10.6 Å². The van der Waals surface area contributed by atoms with E-state index in [2.05, 4.69) is 10.2 Å². The number of nitro benzene ring substituents is 1. The molecular formula is C11H11N3O4. The maximum Gasteiger partial charge on any atom is 0.269 e. The molecular weight excluding hydrogens is 238 g/mol. The third-order valence-electron chi connectivity index (χ3n) is 2.06. The van der Waals surface area contributed by atoms with E-state index in [9.17, 15) is 14.9 Å². The zero-order valence-electron chi connectivity index (χ0n) is 9.61. The van der Waals surface area contributed by atoms with Crippen LogP contribution in [0.15, 0.2) is 46.5 Å². The largest absolute Gasteiger partial charge is 0.513 e. The molecule has 1 aromatic carbocycles. The molecule has 0 heterocycles. The fraction of sp³-hybridized carbons (Fsp3) is 0.182. The van der Waals surface area contributed by atoms with Crippen LogP contribution in [-0.2, 0) is 4.79 Å². The van der Waals surface area contributed by atoms with E-state index in [0.717, 1.165) is 0 Å². The SMILES string of the molecule is CCC(=O)C(=CO)N=Nc1ccc([N+](=O)[O-])cc1. The summed E-state index contributed by atoms with van der Waals surface area (Å²) in [5.41, 5.74) is 0.135. The highest BCUT2D eigenvalue weighted by Gasteiger charge is 2.06. The van der Waals surface area contributed by atoms with Crippen LogP contribution in [0.3, 0.4) is 0 Å². The van der Waals surface area contributed by atoms with Gasteiger partial charge in [-0.15, -0.1) is 5.11 Å². The molecule has 0 aliphatic carbocycles. The number of benzene rings is 1.